The summed E-state index contributed by atoms with van der Waals surface area (Å²) in [5, 5.41) is 8.07. The minimum Gasteiger partial charge on any atom is -0.491 e. The first-order valence-corrected chi connectivity index (χ1v) is 10.2. The zero-order valence-corrected chi connectivity index (χ0v) is 17.4. The number of carbonyl (C=O) groups excluding carboxylic acids is 1. The third-order valence-corrected chi connectivity index (χ3v) is 5.31. The summed E-state index contributed by atoms with van der Waals surface area (Å²) in [6.45, 7) is 6.90. The standard InChI is InChI=1S/C22H25FN6O2/c1-3-17-21(28-13-19-15(6-9-31-19)11-20(28)27-17)22(30)26-12-14-4-5-18(16(23)10-14)29(25-2)8-7-24/h4-5,10-11,13H,2-3,6-9,12,24H2,1H3,(H,26,30). The third-order valence-electron chi connectivity index (χ3n) is 5.31. The lowest BCUT2D eigenvalue weighted by Gasteiger charge is -2.18. The molecule has 3 aromatic rings. The summed E-state index contributed by atoms with van der Waals surface area (Å²) in [5.41, 5.74) is 9.44. The lowest BCUT2D eigenvalue weighted by molar-refractivity contribution is 0.0944. The van der Waals surface area contributed by atoms with Crippen LogP contribution in [0.4, 0.5) is 10.1 Å². The second kappa shape index (κ2) is 8.73. The maximum absolute atomic E-state index is 14.6. The number of carbonyl (C=O) groups is 1. The van der Waals surface area contributed by atoms with Crippen molar-refractivity contribution in [3.8, 4) is 5.75 Å². The summed E-state index contributed by atoms with van der Waals surface area (Å²) in [4.78, 5) is 17.6. The van der Waals surface area contributed by atoms with Crippen molar-refractivity contribution in [1.29, 1.82) is 0 Å². The van der Waals surface area contributed by atoms with Gasteiger partial charge in [-0.1, -0.05) is 13.0 Å². The maximum Gasteiger partial charge on any atom is 0.270 e. The quantitative estimate of drug-likeness (QED) is 0.427. The zero-order chi connectivity index (χ0) is 22.0. The summed E-state index contributed by atoms with van der Waals surface area (Å²) < 4.78 is 22.0. The predicted octanol–water partition coefficient (Wildman–Crippen LogP) is 2.28. The molecular weight excluding hydrogens is 399 g/mol. The van der Waals surface area contributed by atoms with Gasteiger partial charge in [-0.3, -0.25) is 14.2 Å². The summed E-state index contributed by atoms with van der Waals surface area (Å²) in [5.74, 6) is 0.0470. The number of pyridine rings is 1. The number of hydrogen-bond donors (Lipinski definition) is 2. The van der Waals surface area contributed by atoms with Crippen LogP contribution in [0, 0.1) is 5.82 Å². The Hall–Kier alpha value is -3.46. The molecule has 162 valence electrons. The highest BCUT2D eigenvalue weighted by molar-refractivity contribution is 5.94. The number of anilines is 1. The number of imidazole rings is 1. The molecule has 0 atom stereocenters. The first-order chi connectivity index (χ1) is 15.0. The number of halogens is 1. The average Bonchev–Trinajstić information content (AvgIpc) is 3.37. The van der Waals surface area contributed by atoms with Gasteiger partial charge in [0.15, 0.2) is 0 Å². The molecule has 3 N–H and O–H groups in total. The van der Waals surface area contributed by atoms with Gasteiger partial charge in [-0.2, -0.15) is 5.10 Å². The van der Waals surface area contributed by atoms with Crippen molar-refractivity contribution < 1.29 is 13.9 Å². The molecule has 1 amide bonds. The minimum absolute atomic E-state index is 0.173. The van der Waals surface area contributed by atoms with Gasteiger partial charge in [-0.15, -0.1) is 0 Å². The number of ether oxygens (including phenoxy) is 1. The fraction of sp³-hybridized carbons (Fsp3) is 0.318. The van der Waals surface area contributed by atoms with Crippen molar-refractivity contribution >= 4 is 24.0 Å². The van der Waals surface area contributed by atoms with E-state index in [0.29, 0.717) is 48.8 Å². The van der Waals surface area contributed by atoms with Crippen LogP contribution >= 0.6 is 0 Å². The van der Waals surface area contributed by atoms with E-state index in [1.807, 2.05) is 19.2 Å². The molecule has 4 rings (SSSR count). The van der Waals surface area contributed by atoms with Gasteiger partial charge < -0.3 is 15.8 Å². The van der Waals surface area contributed by atoms with Crippen molar-refractivity contribution in [3.63, 3.8) is 0 Å². The van der Waals surface area contributed by atoms with Gasteiger partial charge >= 0.3 is 0 Å². The normalized spacial score (nSPS) is 12.5. The Morgan fingerprint density at radius 3 is 3.00 bits per heavy atom. The molecule has 0 radical (unpaired) electrons. The van der Waals surface area contributed by atoms with Crippen LogP contribution in [-0.2, 0) is 19.4 Å². The van der Waals surface area contributed by atoms with Crippen LogP contribution in [0.25, 0.3) is 5.65 Å². The molecule has 0 bridgehead atoms. The smallest absolute Gasteiger partial charge is 0.270 e. The average molecular weight is 424 g/mol. The molecule has 0 aliphatic carbocycles. The Labute approximate surface area is 179 Å². The number of aromatic nitrogens is 2. The number of hydrazone groups is 1. The van der Waals surface area contributed by atoms with E-state index in [2.05, 4.69) is 22.1 Å². The lowest BCUT2D eigenvalue weighted by atomic mass is 10.1. The maximum atomic E-state index is 14.6. The van der Waals surface area contributed by atoms with Crippen LogP contribution < -0.4 is 20.8 Å². The zero-order valence-electron chi connectivity index (χ0n) is 17.4. The first-order valence-electron chi connectivity index (χ1n) is 10.2. The number of hydrogen-bond acceptors (Lipinski definition) is 6. The number of aryl methyl sites for hydroxylation is 1. The van der Waals surface area contributed by atoms with Crippen molar-refractivity contribution in [2.24, 2.45) is 10.8 Å². The molecule has 0 spiro atoms. The van der Waals surface area contributed by atoms with Crippen LogP contribution in [0.3, 0.4) is 0 Å². The minimum atomic E-state index is -0.454. The highest BCUT2D eigenvalue weighted by atomic mass is 19.1. The van der Waals surface area contributed by atoms with Gasteiger partial charge in [0.1, 0.15) is 22.9 Å². The Balaban J connectivity index is 1.54. The van der Waals surface area contributed by atoms with E-state index in [0.717, 1.165) is 23.4 Å². The molecule has 2 aromatic heterocycles. The van der Waals surface area contributed by atoms with E-state index in [-0.39, 0.29) is 12.5 Å². The van der Waals surface area contributed by atoms with Gasteiger partial charge in [-0.25, -0.2) is 9.37 Å². The second-order valence-corrected chi connectivity index (χ2v) is 7.27. The van der Waals surface area contributed by atoms with Crippen LogP contribution in [0.15, 0.2) is 35.6 Å². The molecule has 9 heteroatoms. The number of fused-ring (bicyclic) bond motifs is 2. The number of benzene rings is 1. The summed E-state index contributed by atoms with van der Waals surface area (Å²) >= 11 is 0. The Kier molecular flexibility index (Phi) is 5.85. The third kappa shape index (κ3) is 3.96. The summed E-state index contributed by atoms with van der Waals surface area (Å²) in [6.07, 6.45) is 3.28. The first kappa shape index (κ1) is 20.8. The lowest BCUT2D eigenvalue weighted by Crippen LogP contribution is -2.26. The predicted molar refractivity (Wildman–Crippen MR) is 117 cm³/mol. The van der Waals surface area contributed by atoms with Crippen LogP contribution in [0.2, 0.25) is 0 Å². The second-order valence-electron chi connectivity index (χ2n) is 7.27. The summed E-state index contributed by atoms with van der Waals surface area (Å²) in [7, 11) is 0. The van der Waals surface area contributed by atoms with Crippen molar-refractivity contribution in [1.82, 2.24) is 14.7 Å². The van der Waals surface area contributed by atoms with E-state index >= 15 is 0 Å². The monoisotopic (exact) mass is 424 g/mol. The fourth-order valence-corrected chi connectivity index (χ4v) is 3.77. The van der Waals surface area contributed by atoms with E-state index in [1.54, 1.807) is 16.5 Å². The highest BCUT2D eigenvalue weighted by Gasteiger charge is 2.22. The number of nitrogens with zero attached hydrogens (tertiary/aromatic N) is 4. The van der Waals surface area contributed by atoms with Gasteiger partial charge in [0, 0.05) is 31.8 Å². The molecule has 1 aliphatic rings. The van der Waals surface area contributed by atoms with Gasteiger partial charge in [0.25, 0.3) is 5.91 Å². The Morgan fingerprint density at radius 2 is 2.29 bits per heavy atom. The molecule has 1 aromatic carbocycles. The van der Waals surface area contributed by atoms with Crippen LogP contribution in [0.5, 0.6) is 5.75 Å². The molecule has 0 unspecified atom stereocenters. The number of rotatable bonds is 8. The summed E-state index contributed by atoms with van der Waals surface area (Å²) in [6, 6.07) is 6.68. The molecule has 0 saturated carbocycles. The van der Waals surface area contributed by atoms with Gasteiger partial charge in [-0.05, 0) is 30.2 Å². The van der Waals surface area contributed by atoms with Crippen LogP contribution in [0.1, 0.15) is 34.2 Å². The van der Waals surface area contributed by atoms with Crippen LogP contribution in [-0.4, -0.2) is 41.7 Å². The van der Waals surface area contributed by atoms with E-state index < -0.39 is 5.82 Å². The van der Waals surface area contributed by atoms with E-state index in [1.165, 1.54) is 11.1 Å². The molecule has 3 heterocycles. The largest absolute Gasteiger partial charge is 0.491 e. The molecule has 0 fully saturated rings. The molecular formula is C22H25FN6O2. The van der Waals surface area contributed by atoms with Gasteiger partial charge in [0.05, 0.1) is 30.7 Å². The van der Waals surface area contributed by atoms with Crippen molar-refractivity contribution in [3.05, 3.63) is 58.8 Å². The van der Waals surface area contributed by atoms with E-state index in [4.69, 9.17) is 10.5 Å². The topological polar surface area (TPSA) is 97.2 Å². The number of nitrogens with two attached hydrogens (primary N) is 1. The molecule has 1 aliphatic heterocycles. The SMILES string of the molecule is C=NN(CCN)c1ccc(CNC(=O)c2c(CC)nc3cc4c(cn23)OCC4)cc1F. The number of amides is 1. The Bertz CT molecular complexity index is 1140. The number of nitrogens with one attached hydrogen (secondary N) is 1. The van der Waals surface area contributed by atoms with Crippen molar-refractivity contribution in [2.75, 3.05) is 24.7 Å². The fourth-order valence-electron chi connectivity index (χ4n) is 3.77. The highest BCUT2D eigenvalue weighted by Crippen LogP contribution is 2.28. The molecule has 8 nitrogen and oxygen atoms in total. The van der Waals surface area contributed by atoms with Crippen molar-refractivity contribution in [2.45, 2.75) is 26.3 Å². The van der Waals surface area contributed by atoms with E-state index in [9.17, 15) is 9.18 Å². The Morgan fingerprint density at radius 1 is 1.45 bits per heavy atom. The molecule has 31 heavy (non-hydrogen) atoms. The molecule has 0 saturated heterocycles. The van der Waals surface area contributed by atoms with Gasteiger partial charge in [0.2, 0.25) is 0 Å².